The molecule has 0 aromatic heterocycles. The maximum absolute atomic E-state index is 14.7. The van der Waals surface area contributed by atoms with Crippen LogP contribution in [0.5, 0.6) is 5.75 Å². The quantitative estimate of drug-likeness (QED) is 0.819. The highest BCUT2D eigenvalue weighted by atomic mass is 19.1. The minimum Gasteiger partial charge on any atom is -0.492 e. The largest absolute Gasteiger partial charge is 0.492 e. The Morgan fingerprint density at radius 1 is 1.24 bits per heavy atom. The number of ketones is 1. The summed E-state index contributed by atoms with van der Waals surface area (Å²) in [6, 6.07) is 10.0. The molecule has 1 aliphatic heterocycles. The zero-order chi connectivity index (χ0) is 20.6. The molecule has 1 saturated carbocycles. The number of alkyl carbamates (subject to hydrolysis) is 1. The molecule has 5 nitrogen and oxygen atoms in total. The maximum atomic E-state index is 14.7. The third-order valence-electron chi connectivity index (χ3n) is 5.69. The van der Waals surface area contributed by atoms with E-state index in [9.17, 15) is 18.4 Å². The van der Waals surface area contributed by atoms with Crippen LogP contribution in [0.25, 0.3) is 0 Å². The minimum absolute atomic E-state index is 0.0480. The third-order valence-corrected chi connectivity index (χ3v) is 5.69. The number of Topliss-reactive ketones (excluding diaryl/α,β-unsaturated/α-hetero) is 1. The van der Waals surface area contributed by atoms with Crippen LogP contribution in [0.1, 0.15) is 36.8 Å². The Morgan fingerprint density at radius 3 is 2.62 bits per heavy atom. The monoisotopic (exact) mass is 401 g/mol. The van der Waals surface area contributed by atoms with Gasteiger partial charge in [0.1, 0.15) is 24.0 Å². The number of rotatable bonds is 5. The van der Waals surface area contributed by atoms with Gasteiger partial charge in [-0.25, -0.2) is 13.6 Å². The van der Waals surface area contributed by atoms with Crippen LogP contribution in [0.3, 0.4) is 0 Å². The Bertz CT molecular complexity index is 943. The highest BCUT2D eigenvalue weighted by Gasteiger charge is 2.58. The van der Waals surface area contributed by atoms with E-state index in [-0.39, 0.29) is 30.3 Å². The molecule has 1 amide bonds. The first-order chi connectivity index (χ1) is 13.9. The average molecular weight is 401 g/mol. The summed E-state index contributed by atoms with van der Waals surface area (Å²) >= 11 is 0. The van der Waals surface area contributed by atoms with Crippen LogP contribution < -0.4 is 10.1 Å². The highest BCUT2D eigenvalue weighted by Crippen LogP contribution is 2.61. The van der Waals surface area contributed by atoms with Crippen molar-refractivity contribution in [3.8, 4) is 5.75 Å². The number of carbonyl (C=O) groups excluding carboxylic acids is 2. The zero-order valence-corrected chi connectivity index (χ0v) is 15.9. The van der Waals surface area contributed by atoms with Gasteiger partial charge in [0.2, 0.25) is 0 Å². The number of hydrogen-bond donors (Lipinski definition) is 1. The fourth-order valence-electron chi connectivity index (χ4n) is 4.05. The summed E-state index contributed by atoms with van der Waals surface area (Å²) in [6.45, 7) is 1.64. The SMILES string of the molecule is CC(=O)[C@@H](NC(=O)OCc1ccccc1)C1c2c(F)cc(F)cc2OCC12CC2. The second-order valence-corrected chi connectivity index (χ2v) is 7.72. The molecule has 2 aromatic rings. The van der Waals surface area contributed by atoms with Crippen molar-refractivity contribution in [3.05, 3.63) is 65.2 Å². The molecule has 2 aromatic carbocycles. The number of hydrogen-bond acceptors (Lipinski definition) is 4. The number of carbonyl (C=O) groups is 2. The molecular weight excluding hydrogens is 380 g/mol. The van der Waals surface area contributed by atoms with Gasteiger partial charge in [-0.1, -0.05) is 30.3 Å². The van der Waals surface area contributed by atoms with E-state index < -0.39 is 35.1 Å². The van der Waals surface area contributed by atoms with E-state index in [4.69, 9.17) is 9.47 Å². The first kappa shape index (κ1) is 19.4. The summed E-state index contributed by atoms with van der Waals surface area (Å²) in [6.07, 6.45) is 0.706. The third kappa shape index (κ3) is 3.81. The van der Waals surface area contributed by atoms with Gasteiger partial charge in [0.25, 0.3) is 0 Å². The topological polar surface area (TPSA) is 64.6 Å². The summed E-state index contributed by atoms with van der Waals surface area (Å²) < 4.78 is 39.2. The van der Waals surface area contributed by atoms with Crippen LogP contribution >= 0.6 is 0 Å². The molecule has 0 bridgehead atoms. The van der Waals surface area contributed by atoms with Crippen molar-refractivity contribution >= 4 is 11.9 Å². The summed E-state index contributed by atoms with van der Waals surface area (Å²) in [5.41, 5.74) is 0.492. The Kier molecular flexibility index (Phi) is 4.98. The van der Waals surface area contributed by atoms with Gasteiger partial charge >= 0.3 is 6.09 Å². The Morgan fingerprint density at radius 2 is 1.97 bits per heavy atom. The van der Waals surface area contributed by atoms with Crippen molar-refractivity contribution in [2.45, 2.75) is 38.3 Å². The molecule has 4 rings (SSSR count). The fraction of sp³-hybridized carbons (Fsp3) is 0.364. The van der Waals surface area contributed by atoms with E-state index in [0.717, 1.165) is 30.5 Å². The summed E-state index contributed by atoms with van der Waals surface area (Å²) in [5, 5.41) is 2.61. The summed E-state index contributed by atoms with van der Waals surface area (Å²) in [4.78, 5) is 24.8. The van der Waals surface area contributed by atoms with E-state index in [2.05, 4.69) is 5.32 Å². The van der Waals surface area contributed by atoms with Crippen molar-refractivity contribution in [2.75, 3.05) is 6.61 Å². The lowest BCUT2D eigenvalue weighted by molar-refractivity contribution is -0.120. The van der Waals surface area contributed by atoms with Crippen LogP contribution in [0, 0.1) is 17.0 Å². The van der Waals surface area contributed by atoms with Crippen LogP contribution in [0.4, 0.5) is 13.6 Å². The Balaban J connectivity index is 1.58. The standard InChI is InChI=1S/C22H21F2NO4/c1-13(26)20(25-21(27)28-11-14-5-3-2-4-6-14)19-18-16(24)9-15(23)10-17(18)29-12-22(19)7-8-22/h2-6,9-10,19-20H,7-8,11-12H2,1H3,(H,25,27)/t19?,20-/m1/s1. The molecule has 2 atom stereocenters. The van der Waals surface area contributed by atoms with Crippen LogP contribution in [-0.4, -0.2) is 24.5 Å². The molecular formula is C22H21F2NO4. The molecule has 1 spiro atoms. The van der Waals surface area contributed by atoms with Gasteiger partial charge in [-0.2, -0.15) is 0 Å². The number of ether oxygens (including phenoxy) is 2. The van der Waals surface area contributed by atoms with Gasteiger partial charge in [-0.3, -0.25) is 4.79 Å². The van der Waals surface area contributed by atoms with Gasteiger partial charge in [-0.05, 0) is 25.3 Å². The summed E-state index contributed by atoms with van der Waals surface area (Å²) in [7, 11) is 0. The first-order valence-corrected chi connectivity index (χ1v) is 9.49. The van der Waals surface area contributed by atoms with Crippen LogP contribution in [0.2, 0.25) is 0 Å². The van der Waals surface area contributed by atoms with Gasteiger partial charge in [-0.15, -0.1) is 0 Å². The second kappa shape index (κ2) is 7.46. The smallest absolute Gasteiger partial charge is 0.408 e. The number of benzene rings is 2. The predicted octanol–water partition coefficient (Wildman–Crippen LogP) is 4.11. The molecule has 152 valence electrons. The van der Waals surface area contributed by atoms with Crippen molar-refractivity contribution in [1.29, 1.82) is 0 Å². The Labute approximate surface area is 167 Å². The highest BCUT2D eigenvalue weighted by molar-refractivity contribution is 5.87. The molecule has 2 aliphatic rings. The molecule has 1 heterocycles. The average Bonchev–Trinajstić information content (AvgIpc) is 3.46. The maximum Gasteiger partial charge on any atom is 0.408 e. The van der Waals surface area contributed by atoms with E-state index in [1.165, 1.54) is 6.92 Å². The molecule has 1 aliphatic carbocycles. The zero-order valence-electron chi connectivity index (χ0n) is 15.9. The van der Waals surface area contributed by atoms with E-state index in [1.54, 1.807) is 0 Å². The second-order valence-electron chi connectivity index (χ2n) is 7.72. The molecule has 0 saturated heterocycles. The molecule has 29 heavy (non-hydrogen) atoms. The summed E-state index contributed by atoms with van der Waals surface area (Å²) in [5.74, 6) is -2.41. The van der Waals surface area contributed by atoms with E-state index in [0.29, 0.717) is 0 Å². The molecule has 0 radical (unpaired) electrons. The van der Waals surface area contributed by atoms with Gasteiger partial charge in [0.05, 0.1) is 12.6 Å². The van der Waals surface area contributed by atoms with Crippen molar-refractivity contribution in [2.24, 2.45) is 5.41 Å². The van der Waals surface area contributed by atoms with Crippen molar-refractivity contribution < 1.29 is 27.8 Å². The van der Waals surface area contributed by atoms with Gasteiger partial charge in [0, 0.05) is 29.0 Å². The van der Waals surface area contributed by atoms with Crippen LogP contribution in [-0.2, 0) is 16.1 Å². The Hall–Kier alpha value is -2.96. The lowest BCUT2D eigenvalue weighted by Gasteiger charge is -2.38. The number of halogens is 2. The lowest BCUT2D eigenvalue weighted by Crippen LogP contribution is -2.49. The lowest BCUT2D eigenvalue weighted by atomic mass is 9.75. The van der Waals surface area contributed by atoms with Crippen molar-refractivity contribution in [1.82, 2.24) is 5.32 Å². The minimum atomic E-state index is -0.997. The number of nitrogens with one attached hydrogen (secondary N) is 1. The molecule has 1 fully saturated rings. The van der Waals surface area contributed by atoms with E-state index in [1.807, 2.05) is 30.3 Å². The first-order valence-electron chi connectivity index (χ1n) is 9.49. The molecule has 1 unspecified atom stereocenters. The molecule has 7 heteroatoms. The normalized spacial score (nSPS) is 19.6. The van der Waals surface area contributed by atoms with E-state index >= 15 is 0 Å². The number of amides is 1. The fourth-order valence-corrected chi connectivity index (χ4v) is 4.05. The number of fused-ring (bicyclic) bond motifs is 1. The van der Waals surface area contributed by atoms with Gasteiger partial charge in [0.15, 0.2) is 5.78 Å². The predicted molar refractivity (Wildman–Crippen MR) is 100 cm³/mol. The van der Waals surface area contributed by atoms with Gasteiger partial charge < -0.3 is 14.8 Å². The van der Waals surface area contributed by atoms with Crippen LogP contribution in [0.15, 0.2) is 42.5 Å². The molecule has 1 N–H and O–H groups in total. The van der Waals surface area contributed by atoms with Crippen molar-refractivity contribution in [3.63, 3.8) is 0 Å².